The zero-order chi connectivity index (χ0) is 12.7. The number of amides is 2. The predicted octanol–water partition coefficient (Wildman–Crippen LogP) is 2.91. The third-order valence-electron chi connectivity index (χ3n) is 2.08. The summed E-state index contributed by atoms with van der Waals surface area (Å²) in [6.45, 7) is 4.60. The van der Waals surface area contributed by atoms with Crippen molar-refractivity contribution in [3.05, 3.63) is 18.2 Å². The molecule has 0 aliphatic rings. The zero-order valence-corrected chi connectivity index (χ0v) is 11.1. The molecule has 0 fully saturated rings. The van der Waals surface area contributed by atoms with Crippen LogP contribution in [0, 0.1) is 0 Å². The number of rotatable bonds is 5. The normalized spacial score (nSPS) is 10.0. The Labute approximate surface area is 106 Å². The first-order valence-electron chi connectivity index (χ1n) is 5.74. The number of hydrogen-bond acceptors (Lipinski definition) is 3. The summed E-state index contributed by atoms with van der Waals surface area (Å²) in [5, 5.41) is 5.41. The van der Waals surface area contributed by atoms with Gasteiger partial charge in [0, 0.05) is 11.4 Å². The van der Waals surface area contributed by atoms with Crippen LogP contribution in [0.1, 0.15) is 20.3 Å². The number of hydrogen-bond donors (Lipinski definition) is 3. The van der Waals surface area contributed by atoms with Gasteiger partial charge in [-0.3, -0.25) is 0 Å². The van der Waals surface area contributed by atoms with E-state index in [1.165, 1.54) is 0 Å². The second-order valence-electron chi connectivity index (χ2n) is 3.58. The quantitative estimate of drug-likeness (QED) is 0.558. The first-order chi connectivity index (χ1) is 8.17. The highest BCUT2D eigenvalue weighted by molar-refractivity contribution is 7.99. The minimum atomic E-state index is -0.225. The maximum absolute atomic E-state index is 11.4. The second-order valence-corrected chi connectivity index (χ2v) is 4.75. The molecule has 0 radical (unpaired) electrons. The van der Waals surface area contributed by atoms with Gasteiger partial charge in [0.2, 0.25) is 0 Å². The lowest BCUT2D eigenvalue weighted by molar-refractivity contribution is 0.252. The molecule has 17 heavy (non-hydrogen) atoms. The topological polar surface area (TPSA) is 67.1 Å². The molecule has 0 saturated carbocycles. The lowest BCUT2D eigenvalue weighted by Gasteiger charge is -2.10. The number of urea groups is 1. The molecule has 2 amide bonds. The van der Waals surface area contributed by atoms with Gasteiger partial charge >= 0.3 is 6.03 Å². The number of carbonyl (C=O) groups excluding carboxylic acids is 1. The van der Waals surface area contributed by atoms with E-state index < -0.39 is 0 Å². The van der Waals surface area contributed by atoms with Crippen molar-refractivity contribution in [2.45, 2.75) is 25.2 Å². The van der Waals surface area contributed by atoms with E-state index in [4.69, 9.17) is 5.73 Å². The lowest BCUT2D eigenvalue weighted by Crippen LogP contribution is -2.28. The molecule has 0 atom stereocenters. The third kappa shape index (κ3) is 4.56. The molecule has 0 saturated heterocycles. The van der Waals surface area contributed by atoms with Crippen LogP contribution in [0.2, 0.25) is 0 Å². The van der Waals surface area contributed by atoms with Gasteiger partial charge in [-0.2, -0.15) is 0 Å². The predicted molar refractivity (Wildman–Crippen MR) is 74.6 cm³/mol. The monoisotopic (exact) mass is 253 g/mol. The van der Waals surface area contributed by atoms with Gasteiger partial charge in [0.05, 0.1) is 11.4 Å². The van der Waals surface area contributed by atoms with Crippen molar-refractivity contribution in [1.82, 2.24) is 5.32 Å². The van der Waals surface area contributed by atoms with E-state index in [1.807, 2.05) is 25.1 Å². The summed E-state index contributed by atoms with van der Waals surface area (Å²) in [6.07, 6.45) is 1.12. The average Bonchev–Trinajstić information content (AvgIpc) is 2.30. The molecule has 1 rings (SSSR count). The Hall–Kier alpha value is -1.36. The largest absolute Gasteiger partial charge is 0.397 e. The van der Waals surface area contributed by atoms with Crippen LogP contribution < -0.4 is 16.4 Å². The highest BCUT2D eigenvalue weighted by Gasteiger charge is 2.05. The molecule has 4 nitrogen and oxygen atoms in total. The molecule has 1 aromatic rings. The zero-order valence-electron chi connectivity index (χ0n) is 10.2. The van der Waals surface area contributed by atoms with Crippen molar-refractivity contribution < 1.29 is 4.79 Å². The molecule has 1 aromatic carbocycles. The van der Waals surface area contributed by atoms with Crippen molar-refractivity contribution in [3.8, 4) is 0 Å². The molecule has 5 heteroatoms. The molecule has 0 bridgehead atoms. The minimum Gasteiger partial charge on any atom is -0.397 e. The van der Waals surface area contributed by atoms with E-state index >= 15 is 0 Å². The Bertz CT molecular complexity index is 382. The molecule has 0 unspecified atom stereocenters. The van der Waals surface area contributed by atoms with Crippen LogP contribution in [-0.2, 0) is 0 Å². The Morgan fingerprint density at radius 1 is 1.41 bits per heavy atom. The van der Waals surface area contributed by atoms with Crippen LogP contribution in [0.15, 0.2) is 23.1 Å². The van der Waals surface area contributed by atoms with E-state index in [0.29, 0.717) is 17.9 Å². The van der Waals surface area contributed by atoms with Gasteiger partial charge in [0.15, 0.2) is 0 Å². The van der Waals surface area contributed by atoms with Crippen molar-refractivity contribution in [2.24, 2.45) is 0 Å². The molecule has 0 heterocycles. The standard InChI is InChI=1S/C12H19N3OS/c1-3-7-17-9-5-6-10(13)11(8-9)15-12(16)14-4-2/h5-6,8H,3-4,7,13H2,1-2H3,(H2,14,15,16). The second kappa shape index (κ2) is 7.06. The first-order valence-corrected chi connectivity index (χ1v) is 6.73. The molecule has 0 aliphatic carbocycles. The maximum Gasteiger partial charge on any atom is 0.319 e. The number of anilines is 2. The van der Waals surface area contributed by atoms with E-state index in [-0.39, 0.29) is 6.03 Å². The molecule has 0 spiro atoms. The molecule has 0 aliphatic heterocycles. The molecular formula is C12H19N3OS. The van der Waals surface area contributed by atoms with Gasteiger partial charge in [-0.15, -0.1) is 11.8 Å². The molecular weight excluding hydrogens is 234 g/mol. The molecule has 4 N–H and O–H groups in total. The lowest BCUT2D eigenvalue weighted by atomic mass is 10.3. The fourth-order valence-corrected chi connectivity index (χ4v) is 2.09. The highest BCUT2D eigenvalue weighted by Crippen LogP contribution is 2.26. The fourth-order valence-electron chi connectivity index (χ4n) is 1.28. The van der Waals surface area contributed by atoms with Crippen molar-refractivity contribution in [3.63, 3.8) is 0 Å². The van der Waals surface area contributed by atoms with E-state index in [2.05, 4.69) is 17.6 Å². The minimum absolute atomic E-state index is 0.225. The van der Waals surface area contributed by atoms with Crippen LogP contribution in [0.3, 0.4) is 0 Å². The number of carbonyl (C=O) groups is 1. The highest BCUT2D eigenvalue weighted by atomic mass is 32.2. The number of nitrogen functional groups attached to an aromatic ring is 1. The Morgan fingerprint density at radius 2 is 2.18 bits per heavy atom. The molecule has 0 aromatic heterocycles. The number of nitrogens with one attached hydrogen (secondary N) is 2. The van der Waals surface area contributed by atoms with E-state index in [9.17, 15) is 4.79 Å². The average molecular weight is 253 g/mol. The Morgan fingerprint density at radius 3 is 2.82 bits per heavy atom. The fraction of sp³-hybridized carbons (Fsp3) is 0.417. The number of thioether (sulfide) groups is 1. The van der Waals surface area contributed by atoms with Crippen LogP contribution in [0.4, 0.5) is 16.2 Å². The van der Waals surface area contributed by atoms with Crippen LogP contribution in [0.5, 0.6) is 0 Å². The van der Waals surface area contributed by atoms with Crippen LogP contribution >= 0.6 is 11.8 Å². The van der Waals surface area contributed by atoms with Crippen molar-refractivity contribution in [1.29, 1.82) is 0 Å². The van der Waals surface area contributed by atoms with Crippen molar-refractivity contribution in [2.75, 3.05) is 23.3 Å². The Kier molecular flexibility index (Phi) is 5.69. The SMILES string of the molecule is CCCSc1ccc(N)c(NC(=O)NCC)c1. The summed E-state index contributed by atoms with van der Waals surface area (Å²) in [5.74, 6) is 1.06. The number of nitrogens with two attached hydrogens (primary N) is 1. The number of benzene rings is 1. The van der Waals surface area contributed by atoms with Gasteiger partial charge in [-0.05, 0) is 37.3 Å². The van der Waals surface area contributed by atoms with Gasteiger partial charge in [-0.25, -0.2) is 4.79 Å². The third-order valence-corrected chi connectivity index (χ3v) is 3.28. The summed E-state index contributed by atoms with van der Waals surface area (Å²) < 4.78 is 0. The summed E-state index contributed by atoms with van der Waals surface area (Å²) >= 11 is 1.76. The van der Waals surface area contributed by atoms with E-state index in [0.717, 1.165) is 17.1 Å². The summed E-state index contributed by atoms with van der Waals surface area (Å²) in [5.41, 5.74) is 7.06. The van der Waals surface area contributed by atoms with Gasteiger partial charge < -0.3 is 16.4 Å². The van der Waals surface area contributed by atoms with Gasteiger partial charge in [0.25, 0.3) is 0 Å². The smallest absolute Gasteiger partial charge is 0.319 e. The summed E-state index contributed by atoms with van der Waals surface area (Å²) in [7, 11) is 0. The first kappa shape index (κ1) is 13.7. The van der Waals surface area contributed by atoms with Gasteiger partial charge in [0.1, 0.15) is 0 Å². The van der Waals surface area contributed by atoms with Crippen LogP contribution in [-0.4, -0.2) is 18.3 Å². The summed E-state index contributed by atoms with van der Waals surface area (Å²) in [4.78, 5) is 12.5. The molecule has 94 valence electrons. The van der Waals surface area contributed by atoms with Crippen LogP contribution in [0.25, 0.3) is 0 Å². The Balaban J connectivity index is 2.72. The summed E-state index contributed by atoms with van der Waals surface area (Å²) in [6, 6.07) is 5.47. The van der Waals surface area contributed by atoms with Gasteiger partial charge in [-0.1, -0.05) is 6.92 Å². The van der Waals surface area contributed by atoms with E-state index in [1.54, 1.807) is 11.8 Å². The maximum atomic E-state index is 11.4. The van der Waals surface area contributed by atoms with Crippen molar-refractivity contribution >= 4 is 29.2 Å².